The number of thioether (sulfide) groups is 1. The maximum Gasteiger partial charge on any atom is 0.243 e. The van der Waals surface area contributed by atoms with Crippen molar-refractivity contribution in [1.29, 1.82) is 0 Å². The van der Waals surface area contributed by atoms with Gasteiger partial charge >= 0.3 is 0 Å². The predicted molar refractivity (Wildman–Crippen MR) is 136 cm³/mol. The van der Waals surface area contributed by atoms with Gasteiger partial charge < -0.3 is 19.9 Å². The minimum absolute atomic E-state index is 0.104. The first-order valence-corrected chi connectivity index (χ1v) is 13.5. The molecule has 0 radical (unpaired) electrons. The van der Waals surface area contributed by atoms with Crippen LogP contribution in [-0.2, 0) is 31.4 Å². The Kier molecular flexibility index (Phi) is 8.04. The number of benzene rings is 2. The van der Waals surface area contributed by atoms with Gasteiger partial charge in [-0.05, 0) is 42.5 Å². The Hall–Kier alpha value is -3.26. The van der Waals surface area contributed by atoms with Crippen molar-refractivity contribution in [3.8, 4) is 11.4 Å². The summed E-state index contributed by atoms with van der Waals surface area (Å²) in [4.78, 5) is 23.9. The Morgan fingerprint density at radius 1 is 1.03 bits per heavy atom. The maximum absolute atomic E-state index is 12.8. The highest BCUT2D eigenvalue weighted by molar-refractivity contribution is 7.99. The van der Waals surface area contributed by atoms with E-state index in [-0.39, 0.29) is 22.5 Å². The maximum atomic E-state index is 12.8. The number of nitrogens with one attached hydrogen (secondary N) is 2. The Bertz CT molecular complexity index is 1350. The number of ether oxygens (including phenoxy) is 1. The molecule has 0 aliphatic carbocycles. The summed E-state index contributed by atoms with van der Waals surface area (Å²) in [5.74, 6) is 0.228. The first-order chi connectivity index (χ1) is 17.2. The highest BCUT2D eigenvalue weighted by Gasteiger charge is 2.26. The van der Waals surface area contributed by atoms with E-state index < -0.39 is 10.0 Å². The third kappa shape index (κ3) is 6.10. The minimum atomic E-state index is -3.58. The van der Waals surface area contributed by atoms with Gasteiger partial charge in [0.15, 0.2) is 11.0 Å². The summed E-state index contributed by atoms with van der Waals surface area (Å²) in [6, 6.07) is 13.4. The van der Waals surface area contributed by atoms with E-state index in [1.165, 1.54) is 23.0 Å². The monoisotopic (exact) mass is 530 g/mol. The molecule has 1 aliphatic heterocycles. The summed E-state index contributed by atoms with van der Waals surface area (Å²) in [7, 11) is -1.79. The first kappa shape index (κ1) is 25.8. The topological polar surface area (TPSA) is 136 Å². The van der Waals surface area contributed by atoms with Crippen molar-refractivity contribution in [3.63, 3.8) is 0 Å². The van der Waals surface area contributed by atoms with E-state index in [1.807, 2.05) is 0 Å². The summed E-state index contributed by atoms with van der Waals surface area (Å²) in [5.41, 5.74) is 1.87. The third-order valence-corrected chi connectivity index (χ3v) is 8.29. The molecule has 11 nitrogen and oxygen atoms in total. The fraction of sp³-hybridized carbons (Fsp3) is 0.304. The lowest BCUT2D eigenvalue weighted by atomic mass is 10.2. The molecule has 2 N–H and O–H groups in total. The zero-order chi connectivity index (χ0) is 25.7. The minimum Gasteiger partial charge on any atom is -0.379 e. The lowest BCUT2D eigenvalue weighted by Crippen LogP contribution is -2.40. The van der Waals surface area contributed by atoms with Crippen molar-refractivity contribution in [2.75, 3.05) is 42.7 Å². The fourth-order valence-electron chi connectivity index (χ4n) is 3.61. The highest BCUT2D eigenvalue weighted by Crippen LogP contribution is 2.25. The van der Waals surface area contributed by atoms with Gasteiger partial charge in [0.1, 0.15) is 0 Å². The molecule has 1 aliphatic rings. The van der Waals surface area contributed by atoms with Crippen LogP contribution in [0.5, 0.6) is 0 Å². The van der Waals surface area contributed by atoms with Gasteiger partial charge in [-0.1, -0.05) is 17.8 Å². The number of amides is 2. The van der Waals surface area contributed by atoms with Gasteiger partial charge in [0.25, 0.3) is 0 Å². The van der Waals surface area contributed by atoms with Gasteiger partial charge in [0.2, 0.25) is 21.8 Å². The molecule has 4 rings (SSSR count). The van der Waals surface area contributed by atoms with Crippen LogP contribution in [0.2, 0.25) is 0 Å². The first-order valence-electron chi connectivity index (χ1n) is 11.1. The van der Waals surface area contributed by atoms with E-state index >= 15 is 0 Å². The third-order valence-electron chi connectivity index (χ3n) is 5.35. The van der Waals surface area contributed by atoms with Crippen LogP contribution in [0.25, 0.3) is 11.4 Å². The molecule has 190 valence electrons. The second-order valence-corrected chi connectivity index (χ2v) is 10.9. The van der Waals surface area contributed by atoms with E-state index in [2.05, 4.69) is 20.8 Å². The van der Waals surface area contributed by atoms with Crippen LogP contribution >= 0.6 is 11.8 Å². The van der Waals surface area contributed by atoms with Crippen LogP contribution in [0.15, 0.2) is 58.6 Å². The second-order valence-electron chi connectivity index (χ2n) is 8.00. The molecule has 0 bridgehead atoms. The van der Waals surface area contributed by atoms with Crippen LogP contribution < -0.4 is 10.6 Å². The zero-order valence-electron chi connectivity index (χ0n) is 19.8. The molecule has 2 amide bonds. The number of anilines is 2. The lowest BCUT2D eigenvalue weighted by molar-refractivity contribution is -0.114. The van der Waals surface area contributed by atoms with E-state index in [0.717, 1.165) is 0 Å². The van der Waals surface area contributed by atoms with Crippen molar-refractivity contribution in [3.05, 3.63) is 48.5 Å². The normalized spacial score (nSPS) is 14.4. The van der Waals surface area contributed by atoms with E-state index in [9.17, 15) is 18.0 Å². The van der Waals surface area contributed by atoms with Crippen molar-refractivity contribution in [2.45, 2.75) is 17.0 Å². The summed E-state index contributed by atoms with van der Waals surface area (Å²) in [6.45, 7) is 2.86. The number of aromatic nitrogens is 3. The van der Waals surface area contributed by atoms with Gasteiger partial charge in [0.05, 0.1) is 23.9 Å². The number of sulfonamides is 1. The van der Waals surface area contributed by atoms with Crippen LogP contribution in [-0.4, -0.2) is 71.4 Å². The Morgan fingerprint density at radius 3 is 2.36 bits per heavy atom. The van der Waals surface area contributed by atoms with Crippen LogP contribution in [0.4, 0.5) is 11.4 Å². The van der Waals surface area contributed by atoms with Gasteiger partial charge in [-0.3, -0.25) is 9.59 Å². The summed E-state index contributed by atoms with van der Waals surface area (Å²) in [5, 5.41) is 14.4. The average Bonchev–Trinajstić information content (AvgIpc) is 3.23. The Balaban J connectivity index is 1.38. The largest absolute Gasteiger partial charge is 0.379 e. The molecule has 0 saturated carbocycles. The number of hydrogen-bond acceptors (Lipinski definition) is 8. The molecular weight excluding hydrogens is 504 g/mol. The average molecular weight is 531 g/mol. The smallest absolute Gasteiger partial charge is 0.243 e. The van der Waals surface area contributed by atoms with Gasteiger partial charge in [0, 0.05) is 44.0 Å². The number of nitrogens with zero attached hydrogens (tertiary/aromatic N) is 4. The number of hydrogen-bond donors (Lipinski definition) is 2. The van der Waals surface area contributed by atoms with Crippen molar-refractivity contribution in [1.82, 2.24) is 19.1 Å². The molecule has 1 aromatic heterocycles. The quantitative estimate of drug-likeness (QED) is 0.423. The number of carbonyl (C=O) groups excluding carboxylic acids is 2. The van der Waals surface area contributed by atoms with E-state index in [4.69, 9.17) is 4.74 Å². The Morgan fingerprint density at radius 2 is 1.69 bits per heavy atom. The molecule has 2 heterocycles. The van der Waals surface area contributed by atoms with Crippen LogP contribution in [0.1, 0.15) is 6.92 Å². The molecule has 0 spiro atoms. The molecule has 13 heteroatoms. The van der Waals surface area contributed by atoms with E-state index in [1.54, 1.807) is 60.1 Å². The number of carbonyl (C=O) groups is 2. The molecule has 0 atom stereocenters. The number of rotatable bonds is 8. The van der Waals surface area contributed by atoms with Gasteiger partial charge in [-0.25, -0.2) is 8.42 Å². The van der Waals surface area contributed by atoms with Crippen LogP contribution in [0.3, 0.4) is 0 Å². The van der Waals surface area contributed by atoms with Crippen molar-refractivity contribution < 1.29 is 22.7 Å². The Labute approximate surface area is 213 Å². The molecule has 0 unspecified atom stereocenters. The SMILES string of the molecule is CC(=O)Nc1cccc(NC(=O)CSc2nnc(-c3ccc(S(=O)(=O)N4CCOCC4)cc3)n2C)c1. The molecule has 3 aromatic rings. The second kappa shape index (κ2) is 11.2. The summed E-state index contributed by atoms with van der Waals surface area (Å²) in [6.07, 6.45) is 0. The standard InChI is InChI=1S/C23H26N6O5S2/c1-16(30)24-18-4-3-5-19(14-18)25-21(31)15-35-23-27-26-22(28(23)2)17-6-8-20(9-7-17)36(32,33)29-10-12-34-13-11-29/h3-9,14H,10-13,15H2,1-2H3,(H,24,30)(H,25,31). The van der Waals surface area contributed by atoms with Crippen molar-refractivity contribution in [2.24, 2.45) is 7.05 Å². The van der Waals surface area contributed by atoms with Gasteiger partial charge in [-0.2, -0.15) is 4.31 Å². The molecule has 2 aromatic carbocycles. The molecule has 1 fully saturated rings. The fourth-order valence-corrected chi connectivity index (χ4v) is 5.73. The molecule has 1 saturated heterocycles. The van der Waals surface area contributed by atoms with Crippen LogP contribution in [0, 0.1) is 0 Å². The predicted octanol–water partition coefficient (Wildman–Crippen LogP) is 2.19. The molecule has 36 heavy (non-hydrogen) atoms. The summed E-state index contributed by atoms with van der Waals surface area (Å²) < 4.78 is 34.1. The lowest BCUT2D eigenvalue weighted by Gasteiger charge is -2.26. The zero-order valence-corrected chi connectivity index (χ0v) is 21.4. The highest BCUT2D eigenvalue weighted by atomic mass is 32.2. The number of morpholine rings is 1. The van der Waals surface area contributed by atoms with Crippen molar-refractivity contribution >= 4 is 45.0 Å². The molecular formula is C23H26N6O5S2. The van der Waals surface area contributed by atoms with Gasteiger partial charge in [-0.15, -0.1) is 10.2 Å². The van der Waals surface area contributed by atoms with E-state index in [0.29, 0.717) is 54.2 Å². The summed E-state index contributed by atoms with van der Waals surface area (Å²) >= 11 is 1.22.